The molecule has 0 bridgehead atoms. The van der Waals surface area contributed by atoms with Gasteiger partial charge >= 0.3 is 0 Å². The van der Waals surface area contributed by atoms with Crippen molar-refractivity contribution in [3.8, 4) is 23.0 Å². The fraction of sp³-hybridized carbons (Fsp3) is 0.767. The van der Waals surface area contributed by atoms with Gasteiger partial charge in [0.05, 0.1) is 22.0 Å². The normalized spacial score (nSPS) is 32.2. The Kier molecular flexibility index (Phi) is 8.74. The quantitative estimate of drug-likeness (QED) is 0.255. The van der Waals surface area contributed by atoms with Crippen molar-refractivity contribution >= 4 is 10.8 Å². The van der Waals surface area contributed by atoms with Crippen molar-refractivity contribution in [3.05, 3.63) is 24.3 Å². The van der Waals surface area contributed by atoms with E-state index in [0.717, 1.165) is 65.9 Å². The Balaban J connectivity index is 1.51. The number of benzene rings is 2. The van der Waals surface area contributed by atoms with Crippen LogP contribution in [0.1, 0.15) is 143 Å². The first-order valence-corrected chi connectivity index (χ1v) is 19.2. The average Bonchev–Trinajstić information content (AvgIpc) is 3.42. The summed E-state index contributed by atoms with van der Waals surface area (Å²) in [6.07, 6.45) is 4.71. The topological polar surface area (TPSA) is 73.0 Å². The zero-order valence-electron chi connectivity index (χ0n) is 34.3. The van der Waals surface area contributed by atoms with Crippen molar-refractivity contribution in [3.63, 3.8) is 0 Å². The van der Waals surface area contributed by atoms with E-state index in [1.807, 2.05) is 0 Å². The highest BCUT2D eigenvalue weighted by molar-refractivity contribution is 5.97. The van der Waals surface area contributed by atoms with Gasteiger partial charge in [-0.15, -0.1) is 0 Å². The Bertz CT molecular complexity index is 1620. The van der Waals surface area contributed by atoms with Crippen LogP contribution in [0.25, 0.3) is 10.8 Å². The molecule has 3 aliphatic heterocycles. The van der Waals surface area contributed by atoms with Gasteiger partial charge in [-0.3, -0.25) is 0 Å². The maximum absolute atomic E-state index is 7.29. The summed E-state index contributed by atoms with van der Waals surface area (Å²) in [7, 11) is 0. The number of rotatable bonds is 8. The summed E-state index contributed by atoms with van der Waals surface area (Å²) in [5, 5.41) is 13.4. The number of fused-ring (bicyclic) bond motifs is 1. The van der Waals surface area contributed by atoms with Crippen molar-refractivity contribution < 1.29 is 18.9 Å². The smallest absolute Gasteiger partial charge is 0.173 e. The van der Waals surface area contributed by atoms with Gasteiger partial charge in [0.2, 0.25) is 0 Å². The van der Waals surface area contributed by atoms with Crippen LogP contribution in [0.15, 0.2) is 24.3 Å². The van der Waals surface area contributed by atoms with E-state index in [2.05, 4.69) is 151 Å². The minimum absolute atomic E-state index is 0.00954. The highest BCUT2D eigenvalue weighted by Gasteiger charge is 2.50. The summed E-state index contributed by atoms with van der Waals surface area (Å²) in [5.74, 6) is 3.17. The zero-order chi connectivity index (χ0) is 37.1. The lowest BCUT2D eigenvalue weighted by Crippen LogP contribution is -2.48. The highest BCUT2D eigenvalue weighted by Crippen LogP contribution is 2.53. The Labute approximate surface area is 303 Å². The van der Waals surface area contributed by atoms with Crippen LogP contribution < -0.4 is 34.9 Å². The first kappa shape index (κ1) is 37.5. The monoisotopic (exact) mass is 692 g/mol. The molecular weight excluding hydrogens is 622 g/mol. The number of hydrogen-bond donors (Lipinski definition) is 3. The minimum Gasteiger partial charge on any atom is -0.489 e. The third-order valence-electron chi connectivity index (χ3n) is 12.1. The molecule has 280 valence electrons. The Hall–Kier alpha value is -2.22. The average molecular weight is 692 g/mol. The second-order valence-corrected chi connectivity index (χ2v) is 21.7. The Morgan fingerprint density at radius 1 is 0.500 bits per heavy atom. The van der Waals surface area contributed by atoms with E-state index in [0.29, 0.717) is 0 Å². The van der Waals surface area contributed by atoms with Gasteiger partial charge in [-0.2, -0.15) is 0 Å². The van der Waals surface area contributed by atoms with Gasteiger partial charge in [0.25, 0.3) is 0 Å². The molecule has 4 aliphatic rings. The van der Waals surface area contributed by atoms with Crippen molar-refractivity contribution in [1.82, 2.24) is 16.0 Å². The van der Waals surface area contributed by atoms with Crippen LogP contribution in [-0.2, 0) is 0 Å². The van der Waals surface area contributed by atoms with Crippen LogP contribution in [-0.4, -0.2) is 57.6 Å². The summed E-state index contributed by atoms with van der Waals surface area (Å²) < 4.78 is 28.6. The molecule has 0 radical (unpaired) electrons. The summed E-state index contributed by atoms with van der Waals surface area (Å²) in [6.45, 7) is 36.4. The van der Waals surface area contributed by atoms with Gasteiger partial charge in [0.1, 0.15) is 35.9 Å². The van der Waals surface area contributed by atoms with Crippen molar-refractivity contribution in [2.24, 2.45) is 10.8 Å². The molecule has 7 nitrogen and oxygen atoms in total. The van der Waals surface area contributed by atoms with Crippen LogP contribution in [0.2, 0.25) is 0 Å². The molecule has 0 amide bonds. The zero-order valence-corrected chi connectivity index (χ0v) is 34.3. The van der Waals surface area contributed by atoms with E-state index in [-0.39, 0.29) is 68.5 Å². The lowest BCUT2D eigenvalue weighted by Gasteiger charge is -2.33. The fourth-order valence-corrected chi connectivity index (χ4v) is 10.5. The molecule has 6 rings (SSSR count). The molecule has 1 aliphatic carbocycles. The molecule has 4 unspecified atom stereocenters. The molecule has 4 atom stereocenters. The van der Waals surface area contributed by atoms with E-state index >= 15 is 0 Å². The lowest BCUT2D eigenvalue weighted by molar-refractivity contribution is 0.101. The van der Waals surface area contributed by atoms with Gasteiger partial charge in [-0.1, -0.05) is 33.8 Å². The van der Waals surface area contributed by atoms with Crippen molar-refractivity contribution in [2.75, 3.05) is 0 Å². The third kappa shape index (κ3) is 7.48. The second-order valence-electron chi connectivity index (χ2n) is 21.7. The Morgan fingerprint density at radius 2 is 0.960 bits per heavy atom. The molecule has 0 spiro atoms. The van der Waals surface area contributed by atoms with Gasteiger partial charge in [0, 0.05) is 47.4 Å². The molecule has 7 heteroatoms. The third-order valence-corrected chi connectivity index (χ3v) is 12.1. The van der Waals surface area contributed by atoms with Gasteiger partial charge in [-0.05, 0) is 119 Å². The molecule has 4 fully saturated rings. The molecule has 0 aromatic heterocycles. The maximum Gasteiger partial charge on any atom is 0.173 e. The minimum atomic E-state index is -0.242. The molecule has 2 aromatic carbocycles. The van der Waals surface area contributed by atoms with Crippen molar-refractivity contribution in [2.45, 2.75) is 201 Å². The molecular formula is C43H69N3O4. The molecule has 3 N–H and O–H groups in total. The summed E-state index contributed by atoms with van der Waals surface area (Å²) in [4.78, 5) is 0. The number of nitrogens with one attached hydrogen (secondary N) is 3. The SMILES string of the molecule is CC1(C)CC(Oc2cc(OC3CC(C)(C)NC3(C)C)cc3ccc(OC4CC(C)(C)NC4(C)C)c(OC4CC(C)(C)NC4(C)C)c23)C(C)(C)C1. The van der Waals surface area contributed by atoms with Gasteiger partial charge in [-0.25, -0.2) is 0 Å². The van der Waals surface area contributed by atoms with Crippen LogP contribution in [0, 0.1) is 10.8 Å². The summed E-state index contributed by atoms with van der Waals surface area (Å²) in [5.41, 5.74) is -0.529. The van der Waals surface area contributed by atoms with Crippen molar-refractivity contribution in [1.29, 1.82) is 0 Å². The van der Waals surface area contributed by atoms with E-state index in [9.17, 15) is 0 Å². The van der Waals surface area contributed by atoms with Gasteiger partial charge < -0.3 is 34.9 Å². The first-order chi connectivity index (χ1) is 22.6. The number of hydrogen-bond acceptors (Lipinski definition) is 7. The van der Waals surface area contributed by atoms with Gasteiger partial charge in [0.15, 0.2) is 11.5 Å². The Morgan fingerprint density at radius 3 is 1.40 bits per heavy atom. The van der Waals surface area contributed by atoms with E-state index in [1.165, 1.54) is 0 Å². The summed E-state index contributed by atoms with van der Waals surface area (Å²) in [6, 6.07) is 8.59. The molecule has 50 heavy (non-hydrogen) atoms. The second kappa shape index (κ2) is 11.6. The molecule has 1 saturated carbocycles. The highest BCUT2D eigenvalue weighted by atomic mass is 16.5. The van der Waals surface area contributed by atoms with Crippen LogP contribution in [0.4, 0.5) is 0 Å². The van der Waals surface area contributed by atoms with E-state index in [4.69, 9.17) is 18.9 Å². The van der Waals surface area contributed by atoms with E-state index in [1.54, 1.807) is 0 Å². The molecule has 3 heterocycles. The molecule has 2 aromatic rings. The lowest BCUT2D eigenvalue weighted by atomic mass is 9.84. The maximum atomic E-state index is 7.29. The largest absolute Gasteiger partial charge is 0.489 e. The van der Waals surface area contributed by atoms with Crippen LogP contribution >= 0.6 is 0 Å². The molecule has 3 saturated heterocycles. The predicted octanol–water partition coefficient (Wildman–Crippen LogP) is 9.33. The van der Waals surface area contributed by atoms with Crippen LogP contribution in [0.5, 0.6) is 23.0 Å². The fourth-order valence-electron chi connectivity index (χ4n) is 10.5. The summed E-state index contributed by atoms with van der Waals surface area (Å²) >= 11 is 0. The number of ether oxygens (including phenoxy) is 4. The van der Waals surface area contributed by atoms with Crippen LogP contribution in [0.3, 0.4) is 0 Å². The van der Waals surface area contributed by atoms with E-state index < -0.39 is 0 Å². The first-order valence-electron chi connectivity index (χ1n) is 19.2. The standard InChI is InChI=1S/C43H69N3O4/c1-36(2)21-30(37(3,4)25-36)49-29-20-27(47-31-22-38(5,6)44-41(31,11)12)19-26-17-18-28(48-32-23-39(7,8)45-42(32,13)14)35(34(26)29)50-33-24-40(9,10)46-43(33,15)16/h17-20,30-33,44-46H,21-25H2,1-16H3. The predicted molar refractivity (Wildman–Crippen MR) is 206 cm³/mol.